The maximum absolute atomic E-state index is 5.94. The van der Waals surface area contributed by atoms with Crippen LogP contribution in [0.1, 0.15) is 32.3 Å². The fourth-order valence-electron chi connectivity index (χ4n) is 2.61. The molecule has 0 aromatic heterocycles. The summed E-state index contributed by atoms with van der Waals surface area (Å²) in [6.07, 6.45) is 3.08. The third-order valence-corrected chi connectivity index (χ3v) is 3.88. The first-order chi connectivity index (χ1) is 10.8. The molecule has 0 unspecified atom stereocenters. The number of rotatable bonds is 9. The third-order valence-electron chi connectivity index (χ3n) is 3.88. The van der Waals surface area contributed by atoms with E-state index in [-0.39, 0.29) is 0 Å². The van der Waals surface area contributed by atoms with Gasteiger partial charge in [-0.25, -0.2) is 0 Å². The molecule has 1 fully saturated rings. The van der Waals surface area contributed by atoms with E-state index in [1.165, 1.54) is 5.56 Å². The van der Waals surface area contributed by atoms with Gasteiger partial charge in [0.1, 0.15) is 11.5 Å². The zero-order valence-corrected chi connectivity index (χ0v) is 14.1. The summed E-state index contributed by atoms with van der Waals surface area (Å²) in [5.74, 6) is 1.91. The van der Waals surface area contributed by atoms with Crippen molar-refractivity contribution in [2.24, 2.45) is 0 Å². The van der Waals surface area contributed by atoms with E-state index in [0.717, 1.165) is 76.7 Å². The van der Waals surface area contributed by atoms with Crippen LogP contribution in [-0.4, -0.2) is 50.8 Å². The second-order valence-electron chi connectivity index (χ2n) is 5.81. The topological polar surface area (TPSA) is 33.7 Å². The van der Waals surface area contributed by atoms with Crippen LogP contribution in [0.15, 0.2) is 18.2 Å². The molecule has 0 aliphatic carbocycles. The lowest BCUT2D eigenvalue weighted by molar-refractivity contribution is 0.242. The van der Waals surface area contributed by atoms with Crippen LogP contribution in [0.4, 0.5) is 0 Å². The minimum absolute atomic E-state index is 0.757. The quantitative estimate of drug-likeness (QED) is 0.760. The standard InChI is InChI=1S/C18H30N2O2/c1-3-13-21-17-6-5-16(18(15-17)22-14-4-2)7-10-20-11-8-19-9-12-20/h5-6,15,19H,3-4,7-14H2,1-2H3. The predicted molar refractivity (Wildman–Crippen MR) is 91.0 cm³/mol. The SMILES string of the molecule is CCCOc1ccc(CCN2CCNCC2)c(OCCC)c1. The van der Waals surface area contributed by atoms with Gasteiger partial charge in [-0.05, 0) is 30.9 Å². The van der Waals surface area contributed by atoms with Crippen LogP contribution in [0, 0.1) is 0 Å². The molecule has 0 atom stereocenters. The molecule has 1 saturated heterocycles. The summed E-state index contributed by atoms with van der Waals surface area (Å²) >= 11 is 0. The summed E-state index contributed by atoms with van der Waals surface area (Å²) in [5, 5.41) is 3.40. The molecule has 0 spiro atoms. The number of hydrogen-bond acceptors (Lipinski definition) is 4. The van der Waals surface area contributed by atoms with Crippen LogP contribution in [-0.2, 0) is 6.42 Å². The molecule has 1 aliphatic heterocycles. The van der Waals surface area contributed by atoms with E-state index in [0.29, 0.717) is 0 Å². The highest BCUT2D eigenvalue weighted by atomic mass is 16.5. The first-order valence-electron chi connectivity index (χ1n) is 8.65. The molecule has 22 heavy (non-hydrogen) atoms. The molecule has 1 aromatic rings. The molecule has 4 nitrogen and oxygen atoms in total. The number of hydrogen-bond donors (Lipinski definition) is 1. The number of nitrogens with one attached hydrogen (secondary N) is 1. The van der Waals surface area contributed by atoms with Crippen LogP contribution < -0.4 is 14.8 Å². The van der Waals surface area contributed by atoms with Gasteiger partial charge in [0.2, 0.25) is 0 Å². The monoisotopic (exact) mass is 306 g/mol. The van der Waals surface area contributed by atoms with Gasteiger partial charge in [-0.1, -0.05) is 19.9 Å². The van der Waals surface area contributed by atoms with Crippen molar-refractivity contribution in [3.8, 4) is 11.5 Å². The first kappa shape index (κ1) is 17.1. The Balaban J connectivity index is 1.97. The summed E-state index contributed by atoms with van der Waals surface area (Å²) in [5.41, 5.74) is 1.29. The molecule has 1 aliphatic rings. The van der Waals surface area contributed by atoms with E-state index in [1.807, 2.05) is 0 Å². The molecule has 4 heteroatoms. The minimum Gasteiger partial charge on any atom is -0.493 e. The number of piperazine rings is 1. The van der Waals surface area contributed by atoms with E-state index < -0.39 is 0 Å². The van der Waals surface area contributed by atoms with Crippen LogP contribution >= 0.6 is 0 Å². The minimum atomic E-state index is 0.757. The molecule has 0 bridgehead atoms. The van der Waals surface area contributed by atoms with Gasteiger partial charge in [0.15, 0.2) is 0 Å². The van der Waals surface area contributed by atoms with Gasteiger partial charge in [-0.2, -0.15) is 0 Å². The molecule has 2 rings (SSSR count). The van der Waals surface area contributed by atoms with E-state index >= 15 is 0 Å². The van der Waals surface area contributed by atoms with Crippen molar-refractivity contribution < 1.29 is 9.47 Å². The van der Waals surface area contributed by atoms with Crippen LogP contribution in [0.3, 0.4) is 0 Å². The predicted octanol–water partition coefficient (Wildman–Crippen LogP) is 2.71. The zero-order valence-electron chi connectivity index (χ0n) is 14.1. The lowest BCUT2D eigenvalue weighted by atomic mass is 10.1. The summed E-state index contributed by atoms with van der Waals surface area (Å²) in [4.78, 5) is 2.52. The third kappa shape index (κ3) is 5.50. The molecule has 1 aromatic carbocycles. The van der Waals surface area contributed by atoms with Gasteiger partial charge < -0.3 is 19.7 Å². The highest BCUT2D eigenvalue weighted by Crippen LogP contribution is 2.26. The molecule has 0 amide bonds. The normalized spacial score (nSPS) is 15.7. The summed E-state index contributed by atoms with van der Waals surface area (Å²) < 4.78 is 11.7. The second-order valence-corrected chi connectivity index (χ2v) is 5.81. The van der Waals surface area contributed by atoms with Crippen molar-refractivity contribution in [3.63, 3.8) is 0 Å². The Hall–Kier alpha value is -1.26. The Morgan fingerprint density at radius 2 is 1.77 bits per heavy atom. The van der Waals surface area contributed by atoms with Crippen LogP contribution in [0.2, 0.25) is 0 Å². The van der Waals surface area contributed by atoms with Crippen molar-refractivity contribution in [2.75, 3.05) is 45.9 Å². The smallest absolute Gasteiger partial charge is 0.126 e. The number of ether oxygens (including phenoxy) is 2. The Morgan fingerprint density at radius 1 is 1.05 bits per heavy atom. The van der Waals surface area contributed by atoms with Crippen molar-refractivity contribution in [3.05, 3.63) is 23.8 Å². The van der Waals surface area contributed by atoms with Crippen molar-refractivity contribution in [1.82, 2.24) is 10.2 Å². The Morgan fingerprint density at radius 3 is 2.50 bits per heavy atom. The van der Waals surface area contributed by atoms with Gasteiger partial charge in [0.25, 0.3) is 0 Å². The van der Waals surface area contributed by atoms with Crippen LogP contribution in [0.5, 0.6) is 11.5 Å². The van der Waals surface area contributed by atoms with Gasteiger partial charge in [-0.15, -0.1) is 0 Å². The second kappa shape index (κ2) is 9.70. The lowest BCUT2D eigenvalue weighted by Gasteiger charge is -2.27. The Kier molecular flexibility index (Phi) is 7.54. The summed E-state index contributed by atoms with van der Waals surface area (Å²) in [6, 6.07) is 6.29. The van der Waals surface area contributed by atoms with E-state index in [4.69, 9.17) is 9.47 Å². The highest BCUT2D eigenvalue weighted by Gasteiger charge is 2.12. The van der Waals surface area contributed by atoms with Crippen molar-refractivity contribution in [2.45, 2.75) is 33.1 Å². The van der Waals surface area contributed by atoms with Gasteiger partial charge in [0.05, 0.1) is 13.2 Å². The maximum atomic E-state index is 5.94. The van der Waals surface area contributed by atoms with Crippen LogP contribution in [0.25, 0.3) is 0 Å². The molecule has 0 radical (unpaired) electrons. The van der Waals surface area contributed by atoms with E-state index in [9.17, 15) is 0 Å². The zero-order chi connectivity index (χ0) is 15.6. The maximum Gasteiger partial charge on any atom is 0.126 e. The average Bonchev–Trinajstić information content (AvgIpc) is 2.58. The Bertz CT molecular complexity index is 431. The largest absolute Gasteiger partial charge is 0.493 e. The van der Waals surface area contributed by atoms with E-state index in [1.54, 1.807) is 0 Å². The number of nitrogens with zero attached hydrogens (tertiary/aromatic N) is 1. The fraction of sp³-hybridized carbons (Fsp3) is 0.667. The molecule has 1 N–H and O–H groups in total. The molecular weight excluding hydrogens is 276 g/mol. The average molecular weight is 306 g/mol. The molecule has 0 saturated carbocycles. The fourth-order valence-corrected chi connectivity index (χ4v) is 2.61. The number of benzene rings is 1. The van der Waals surface area contributed by atoms with E-state index in [2.05, 4.69) is 42.3 Å². The molecular formula is C18H30N2O2. The lowest BCUT2D eigenvalue weighted by Crippen LogP contribution is -2.44. The molecule has 124 valence electrons. The van der Waals surface area contributed by atoms with Crippen molar-refractivity contribution >= 4 is 0 Å². The summed E-state index contributed by atoms with van der Waals surface area (Å²) in [6.45, 7) is 11.4. The summed E-state index contributed by atoms with van der Waals surface area (Å²) in [7, 11) is 0. The van der Waals surface area contributed by atoms with Gasteiger partial charge in [0, 0.05) is 38.8 Å². The Labute approximate surface area is 134 Å². The van der Waals surface area contributed by atoms with Gasteiger partial charge >= 0.3 is 0 Å². The molecule has 1 heterocycles. The van der Waals surface area contributed by atoms with Gasteiger partial charge in [-0.3, -0.25) is 0 Å². The first-order valence-corrected chi connectivity index (χ1v) is 8.65. The van der Waals surface area contributed by atoms with Crippen molar-refractivity contribution in [1.29, 1.82) is 0 Å². The highest BCUT2D eigenvalue weighted by molar-refractivity contribution is 5.41.